The fourth-order valence-electron chi connectivity index (χ4n) is 1.98. The number of aromatic nitrogens is 1. The molecule has 0 atom stereocenters. The number of hydrogen-bond acceptors (Lipinski definition) is 4. The number of carboxylic acid groups (broad SMARTS) is 1. The van der Waals surface area contributed by atoms with Crippen LogP contribution in [-0.2, 0) is 16.0 Å². The van der Waals surface area contributed by atoms with Crippen LogP contribution in [0.25, 0.3) is 0 Å². The number of ketones is 1. The second kappa shape index (κ2) is 7.46. The van der Waals surface area contributed by atoms with Gasteiger partial charge in [0, 0.05) is 11.4 Å². The number of H-pyrrole nitrogens is 1. The highest BCUT2D eigenvalue weighted by molar-refractivity contribution is 9.10. The zero-order chi connectivity index (χ0) is 18.7. The molecule has 0 bridgehead atoms. The van der Waals surface area contributed by atoms with Crippen molar-refractivity contribution >= 4 is 50.9 Å². The molecule has 0 radical (unpaired) electrons. The van der Waals surface area contributed by atoms with Crippen molar-refractivity contribution in [2.24, 2.45) is 0 Å². The van der Waals surface area contributed by atoms with Crippen molar-refractivity contribution in [1.82, 2.24) is 4.98 Å². The summed E-state index contributed by atoms with van der Waals surface area (Å²) in [5.74, 6) is -4.20. The molecule has 0 saturated carbocycles. The lowest BCUT2D eigenvalue weighted by atomic mass is 10.2. The predicted octanol–water partition coefficient (Wildman–Crippen LogP) is 2.89. The third-order valence-electron chi connectivity index (χ3n) is 3.09. The molecule has 0 aliphatic rings. The number of aromatic amines is 1. The molecule has 1 aromatic heterocycles. The second-order valence-corrected chi connectivity index (χ2v) is 5.94. The zero-order valence-electron chi connectivity index (χ0n) is 12.2. The molecule has 1 aromatic carbocycles. The molecule has 1 amide bonds. The number of amides is 1. The van der Waals surface area contributed by atoms with Gasteiger partial charge in [-0.2, -0.15) is 5.26 Å². The van der Waals surface area contributed by atoms with E-state index in [1.807, 2.05) is 0 Å². The first kappa shape index (κ1) is 18.6. The standard InChI is InChI=1S/C15H8BrClFN3O4/c16-14-11(13(23)15(24)25)12(17)9(21-14)4-10(22)20-7-1-2-8(18)6(3-7)5-19/h1-3,21H,4H2,(H,20,22)(H,24,25). The Balaban J connectivity index is 2.19. The number of halogens is 3. The van der Waals surface area contributed by atoms with Gasteiger partial charge in [-0.25, -0.2) is 9.18 Å². The van der Waals surface area contributed by atoms with E-state index in [1.54, 1.807) is 6.07 Å². The average Bonchev–Trinajstić information content (AvgIpc) is 2.82. The van der Waals surface area contributed by atoms with Gasteiger partial charge in [0.1, 0.15) is 11.9 Å². The monoisotopic (exact) mass is 427 g/mol. The highest BCUT2D eigenvalue weighted by atomic mass is 79.9. The van der Waals surface area contributed by atoms with Crippen molar-refractivity contribution in [1.29, 1.82) is 5.26 Å². The van der Waals surface area contributed by atoms with Crippen LogP contribution in [0.15, 0.2) is 22.8 Å². The number of nitriles is 1. The summed E-state index contributed by atoms with van der Waals surface area (Å²) >= 11 is 8.95. The van der Waals surface area contributed by atoms with Crippen LogP contribution in [0.5, 0.6) is 0 Å². The van der Waals surface area contributed by atoms with E-state index < -0.39 is 23.5 Å². The number of hydrogen-bond donors (Lipinski definition) is 3. The largest absolute Gasteiger partial charge is 0.475 e. The molecule has 0 saturated heterocycles. The third kappa shape index (κ3) is 4.04. The smallest absolute Gasteiger partial charge is 0.377 e. The van der Waals surface area contributed by atoms with E-state index in [9.17, 15) is 18.8 Å². The van der Waals surface area contributed by atoms with E-state index in [4.69, 9.17) is 22.0 Å². The number of carbonyl (C=O) groups is 3. The van der Waals surface area contributed by atoms with E-state index in [1.165, 1.54) is 12.1 Å². The normalized spacial score (nSPS) is 10.2. The Morgan fingerprint density at radius 1 is 1.40 bits per heavy atom. The number of Topliss-reactive ketones (excluding diaryl/α,β-unsaturated/α-hetero) is 1. The van der Waals surface area contributed by atoms with Gasteiger partial charge in [-0.1, -0.05) is 11.6 Å². The lowest BCUT2D eigenvalue weighted by Gasteiger charge is -2.05. The molecule has 0 aliphatic heterocycles. The fraction of sp³-hybridized carbons (Fsp3) is 0.0667. The number of benzene rings is 1. The Morgan fingerprint density at radius 3 is 2.68 bits per heavy atom. The van der Waals surface area contributed by atoms with Crippen molar-refractivity contribution in [2.45, 2.75) is 6.42 Å². The molecule has 10 heteroatoms. The van der Waals surface area contributed by atoms with Crippen LogP contribution < -0.4 is 5.32 Å². The summed E-state index contributed by atoms with van der Waals surface area (Å²) in [6, 6.07) is 5.13. The number of nitrogens with zero attached hydrogens (tertiary/aromatic N) is 1. The maximum atomic E-state index is 13.3. The number of aliphatic carboxylic acids is 1. The maximum absolute atomic E-state index is 13.3. The van der Waals surface area contributed by atoms with Crippen molar-refractivity contribution < 1.29 is 23.9 Å². The molecule has 0 aliphatic carbocycles. The Hall–Kier alpha value is -2.70. The molecule has 0 spiro atoms. The minimum atomic E-state index is -1.69. The summed E-state index contributed by atoms with van der Waals surface area (Å²) in [6.45, 7) is 0. The molecule has 2 aromatic rings. The van der Waals surface area contributed by atoms with Gasteiger partial charge in [0.25, 0.3) is 5.78 Å². The molecule has 3 N–H and O–H groups in total. The van der Waals surface area contributed by atoms with Crippen molar-refractivity contribution in [3.8, 4) is 6.07 Å². The molecular weight excluding hydrogens is 421 g/mol. The lowest BCUT2D eigenvalue weighted by molar-refractivity contribution is -0.131. The topological polar surface area (TPSA) is 123 Å². The molecule has 1 heterocycles. The van der Waals surface area contributed by atoms with Crippen LogP contribution in [0, 0.1) is 17.1 Å². The van der Waals surface area contributed by atoms with Crippen LogP contribution in [0.4, 0.5) is 10.1 Å². The van der Waals surface area contributed by atoms with Crippen LogP contribution in [0.1, 0.15) is 21.6 Å². The number of rotatable bonds is 5. The predicted molar refractivity (Wildman–Crippen MR) is 88.9 cm³/mol. The minimum Gasteiger partial charge on any atom is -0.475 e. The van der Waals surface area contributed by atoms with Crippen molar-refractivity contribution in [3.63, 3.8) is 0 Å². The van der Waals surface area contributed by atoms with Crippen LogP contribution in [-0.4, -0.2) is 27.8 Å². The van der Waals surface area contributed by atoms with E-state index in [2.05, 4.69) is 26.2 Å². The first-order valence-electron chi connectivity index (χ1n) is 6.57. The number of anilines is 1. The van der Waals surface area contributed by atoms with Crippen LogP contribution in [0.2, 0.25) is 5.02 Å². The molecular formula is C15H8BrClFN3O4. The van der Waals surface area contributed by atoms with Crippen LogP contribution >= 0.6 is 27.5 Å². The summed E-state index contributed by atoms with van der Waals surface area (Å²) in [5.41, 5.74) is -0.192. The molecule has 2 rings (SSSR count). The molecule has 0 fully saturated rings. The second-order valence-electron chi connectivity index (χ2n) is 4.77. The summed E-state index contributed by atoms with van der Waals surface area (Å²) in [4.78, 5) is 37.0. The quantitative estimate of drug-likeness (QED) is 0.499. The van der Waals surface area contributed by atoms with E-state index in [0.717, 1.165) is 6.07 Å². The van der Waals surface area contributed by atoms with E-state index in [-0.39, 0.29) is 38.6 Å². The molecule has 7 nitrogen and oxygen atoms in total. The number of nitrogens with one attached hydrogen (secondary N) is 2. The fourth-order valence-corrected chi connectivity index (χ4v) is 3.01. The summed E-state index contributed by atoms with van der Waals surface area (Å²) < 4.78 is 13.3. The average molecular weight is 429 g/mol. The zero-order valence-corrected chi connectivity index (χ0v) is 14.5. The maximum Gasteiger partial charge on any atom is 0.377 e. The molecule has 0 unspecified atom stereocenters. The van der Waals surface area contributed by atoms with Gasteiger partial charge in [0.2, 0.25) is 5.91 Å². The highest BCUT2D eigenvalue weighted by Crippen LogP contribution is 2.29. The summed E-state index contributed by atoms with van der Waals surface area (Å²) in [6.07, 6.45) is -0.302. The first-order valence-corrected chi connectivity index (χ1v) is 7.74. The third-order valence-corrected chi connectivity index (χ3v) is 4.11. The van der Waals surface area contributed by atoms with Gasteiger partial charge in [0.15, 0.2) is 0 Å². The SMILES string of the molecule is N#Cc1cc(NC(=O)Cc2[nH]c(Br)c(C(=O)C(=O)O)c2Cl)ccc1F. The minimum absolute atomic E-state index is 0.0428. The van der Waals surface area contributed by atoms with Crippen LogP contribution in [0.3, 0.4) is 0 Å². The van der Waals surface area contributed by atoms with E-state index in [0.29, 0.717) is 0 Å². The summed E-state index contributed by atoms with van der Waals surface area (Å²) in [7, 11) is 0. The Bertz CT molecular complexity index is 936. The van der Waals surface area contributed by atoms with Gasteiger partial charge in [-0.05, 0) is 34.1 Å². The first-order chi connectivity index (χ1) is 11.7. The number of carbonyl (C=O) groups excluding carboxylic acids is 2. The molecule has 128 valence electrons. The van der Waals surface area contributed by atoms with E-state index >= 15 is 0 Å². The Morgan fingerprint density at radius 2 is 2.08 bits per heavy atom. The van der Waals surface area contributed by atoms with Gasteiger partial charge in [-0.15, -0.1) is 0 Å². The number of carboxylic acids is 1. The van der Waals surface area contributed by atoms with Crippen molar-refractivity contribution in [3.05, 3.63) is 50.5 Å². The van der Waals surface area contributed by atoms with Gasteiger partial charge in [-0.3, -0.25) is 9.59 Å². The van der Waals surface area contributed by atoms with Gasteiger partial charge >= 0.3 is 5.97 Å². The Kier molecular flexibility index (Phi) is 5.56. The molecule has 25 heavy (non-hydrogen) atoms. The Labute approximate surface area is 153 Å². The summed E-state index contributed by atoms with van der Waals surface area (Å²) in [5, 5.41) is 19.8. The lowest BCUT2D eigenvalue weighted by Crippen LogP contribution is -2.15. The highest BCUT2D eigenvalue weighted by Gasteiger charge is 2.26. The van der Waals surface area contributed by atoms with Gasteiger partial charge in [0.05, 0.1) is 27.2 Å². The van der Waals surface area contributed by atoms with Gasteiger partial charge < -0.3 is 15.4 Å². The van der Waals surface area contributed by atoms with Crippen molar-refractivity contribution in [2.75, 3.05) is 5.32 Å².